The van der Waals surface area contributed by atoms with E-state index in [1.54, 1.807) is 6.92 Å². The molecule has 2 N–H and O–H groups in total. The summed E-state index contributed by atoms with van der Waals surface area (Å²) in [6.45, 7) is 3.63. The summed E-state index contributed by atoms with van der Waals surface area (Å²) in [5, 5.41) is 26.3. The third-order valence-corrected chi connectivity index (χ3v) is 7.89. The van der Waals surface area contributed by atoms with Gasteiger partial charge in [-0.25, -0.2) is 4.99 Å². The van der Waals surface area contributed by atoms with E-state index in [0.717, 1.165) is 21.8 Å². The number of nitrogens with one attached hydrogen (secondary N) is 1. The topological polar surface area (TPSA) is 127 Å². The van der Waals surface area contributed by atoms with E-state index in [9.17, 15) is 24.8 Å². The highest BCUT2D eigenvalue weighted by atomic mass is 32.1. The van der Waals surface area contributed by atoms with Crippen LogP contribution in [-0.2, 0) is 4.79 Å². The zero-order valence-corrected chi connectivity index (χ0v) is 21.3. The van der Waals surface area contributed by atoms with E-state index < -0.39 is 16.5 Å². The molecule has 0 spiro atoms. The van der Waals surface area contributed by atoms with Crippen molar-refractivity contribution < 1.29 is 14.8 Å². The number of fused-ring (bicyclic) bond motifs is 1. The van der Waals surface area contributed by atoms with Gasteiger partial charge in [0.05, 0.1) is 20.7 Å². The summed E-state index contributed by atoms with van der Waals surface area (Å²) in [5.74, 6) is -0.555. The first-order chi connectivity index (χ1) is 17.7. The highest BCUT2D eigenvalue weighted by Gasteiger charge is 2.33. The van der Waals surface area contributed by atoms with Gasteiger partial charge in [-0.15, -0.1) is 11.3 Å². The average molecular weight is 533 g/mol. The number of nitrogens with zero attached hydrogens (tertiary/aromatic N) is 3. The van der Waals surface area contributed by atoms with Crippen LogP contribution in [0.25, 0.3) is 6.08 Å². The van der Waals surface area contributed by atoms with Crippen molar-refractivity contribution in [3.05, 3.63) is 117 Å². The molecule has 0 fully saturated rings. The Morgan fingerprint density at radius 2 is 1.97 bits per heavy atom. The zero-order chi connectivity index (χ0) is 26.3. The first-order valence-corrected chi connectivity index (χ1v) is 12.8. The number of benzene rings is 2. The largest absolute Gasteiger partial charge is 0.507 e. The number of thiophene rings is 1. The number of anilines is 1. The number of allylic oxidation sites excluding steroid dienone is 1. The maximum absolute atomic E-state index is 13.7. The number of carbonyl (C=O) groups is 1. The SMILES string of the molecule is CC1=C(C(=O)Nc2ccccc2C)C(c2cccs2)n2c(sc(=Cc3cc([N+](=O)[O-])ccc3O)c2=O)=N1. The molecule has 0 saturated heterocycles. The van der Waals surface area contributed by atoms with Crippen LogP contribution in [0.15, 0.2) is 81.0 Å². The summed E-state index contributed by atoms with van der Waals surface area (Å²) in [6, 6.07) is 14.0. The number of thiazole rings is 1. The summed E-state index contributed by atoms with van der Waals surface area (Å²) in [4.78, 5) is 43.6. The van der Waals surface area contributed by atoms with Gasteiger partial charge in [-0.3, -0.25) is 24.3 Å². The average Bonchev–Trinajstić information content (AvgIpc) is 3.49. The van der Waals surface area contributed by atoms with E-state index in [0.29, 0.717) is 21.8 Å². The van der Waals surface area contributed by atoms with Crippen molar-refractivity contribution in [1.29, 1.82) is 0 Å². The van der Waals surface area contributed by atoms with Gasteiger partial charge in [0.1, 0.15) is 11.8 Å². The van der Waals surface area contributed by atoms with E-state index in [2.05, 4.69) is 10.3 Å². The number of nitro groups is 1. The van der Waals surface area contributed by atoms with Crippen LogP contribution in [0, 0.1) is 17.0 Å². The number of hydrogen-bond donors (Lipinski definition) is 2. The van der Waals surface area contributed by atoms with Gasteiger partial charge in [-0.1, -0.05) is 35.6 Å². The number of hydrogen-bond acceptors (Lipinski definition) is 8. The lowest BCUT2D eigenvalue weighted by atomic mass is 10.0. The minimum Gasteiger partial charge on any atom is -0.507 e. The molecule has 0 radical (unpaired) electrons. The minimum atomic E-state index is -0.707. The number of para-hydroxylation sites is 1. The first-order valence-electron chi connectivity index (χ1n) is 11.1. The van der Waals surface area contributed by atoms with Crippen molar-refractivity contribution in [3.8, 4) is 5.75 Å². The van der Waals surface area contributed by atoms with Gasteiger partial charge >= 0.3 is 0 Å². The number of amides is 1. The van der Waals surface area contributed by atoms with Crippen LogP contribution in [0.3, 0.4) is 0 Å². The lowest BCUT2D eigenvalue weighted by molar-refractivity contribution is -0.384. The first kappa shape index (κ1) is 24.3. The van der Waals surface area contributed by atoms with E-state index in [1.165, 1.54) is 40.2 Å². The fourth-order valence-corrected chi connectivity index (χ4v) is 6.00. The quantitative estimate of drug-likeness (QED) is 0.298. The predicted octanol–water partition coefficient (Wildman–Crippen LogP) is 3.86. The Morgan fingerprint density at radius 1 is 1.19 bits per heavy atom. The van der Waals surface area contributed by atoms with Crippen molar-refractivity contribution >= 4 is 46.0 Å². The maximum Gasteiger partial charge on any atom is 0.271 e. The monoisotopic (exact) mass is 532 g/mol. The Morgan fingerprint density at radius 3 is 2.68 bits per heavy atom. The van der Waals surface area contributed by atoms with Crippen LogP contribution in [0.4, 0.5) is 11.4 Å². The molecule has 3 heterocycles. The van der Waals surface area contributed by atoms with Crippen LogP contribution in [0.2, 0.25) is 0 Å². The molecule has 37 heavy (non-hydrogen) atoms. The molecule has 11 heteroatoms. The number of non-ortho nitro benzene ring substituents is 1. The van der Waals surface area contributed by atoms with E-state index in [-0.39, 0.29) is 27.4 Å². The van der Waals surface area contributed by atoms with Crippen molar-refractivity contribution in [2.75, 3.05) is 5.32 Å². The second kappa shape index (κ2) is 9.60. The molecule has 1 atom stereocenters. The number of aromatic hydroxyl groups is 1. The number of phenols is 1. The number of rotatable bonds is 5. The summed E-state index contributed by atoms with van der Waals surface area (Å²) in [6.07, 6.45) is 1.41. The second-order valence-corrected chi connectivity index (χ2v) is 10.4. The Labute approximate surface area is 218 Å². The van der Waals surface area contributed by atoms with E-state index >= 15 is 0 Å². The van der Waals surface area contributed by atoms with Crippen LogP contribution >= 0.6 is 22.7 Å². The predicted molar refractivity (Wildman–Crippen MR) is 143 cm³/mol. The van der Waals surface area contributed by atoms with E-state index in [1.807, 2.05) is 48.7 Å². The van der Waals surface area contributed by atoms with Gasteiger partial charge in [0, 0.05) is 28.3 Å². The highest BCUT2D eigenvalue weighted by molar-refractivity contribution is 7.10. The summed E-state index contributed by atoms with van der Waals surface area (Å²) >= 11 is 2.51. The number of nitro benzene ring substituents is 1. The molecule has 5 rings (SSSR count). The number of phenolic OH excluding ortho intramolecular Hbond substituents is 1. The molecule has 2 aromatic carbocycles. The summed E-state index contributed by atoms with van der Waals surface area (Å²) in [7, 11) is 0. The molecule has 9 nitrogen and oxygen atoms in total. The van der Waals surface area contributed by atoms with Gasteiger partial charge in [0.15, 0.2) is 4.80 Å². The van der Waals surface area contributed by atoms with Gasteiger partial charge in [0.2, 0.25) is 0 Å². The third kappa shape index (κ3) is 4.50. The molecule has 1 aliphatic heterocycles. The van der Waals surface area contributed by atoms with Gasteiger partial charge in [-0.2, -0.15) is 0 Å². The van der Waals surface area contributed by atoms with Gasteiger partial charge in [-0.05, 0) is 49.1 Å². The fourth-order valence-electron chi connectivity index (χ4n) is 4.14. The van der Waals surface area contributed by atoms with Crippen molar-refractivity contribution in [1.82, 2.24) is 4.57 Å². The Bertz CT molecular complexity index is 1770. The highest BCUT2D eigenvalue weighted by Crippen LogP contribution is 2.33. The van der Waals surface area contributed by atoms with Crippen molar-refractivity contribution in [3.63, 3.8) is 0 Å². The lowest BCUT2D eigenvalue weighted by Gasteiger charge is -2.24. The molecular weight excluding hydrogens is 512 g/mol. The lowest BCUT2D eigenvalue weighted by Crippen LogP contribution is -2.40. The zero-order valence-electron chi connectivity index (χ0n) is 19.7. The van der Waals surface area contributed by atoms with Crippen molar-refractivity contribution in [2.24, 2.45) is 4.99 Å². The molecule has 1 aliphatic rings. The molecule has 4 aromatic rings. The number of aromatic nitrogens is 1. The third-order valence-electron chi connectivity index (χ3n) is 5.98. The van der Waals surface area contributed by atoms with Gasteiger partial charge < -0.3 is 10.4 Å². The number of aryl methyl sites for hydroxylation is 1. The minimum absolute atomic E-state index is 0.139. The van der Waals surface area contributed by atoms with Crippen LogP contribution in [0.1, 0.15) is 29.0 Å². The number of carbonyl (C=O) groups excluding carboxylic acids is 1. The Kier molecular flexibility index (Phi) is 6.32. The van der Waals surface area contributed by atoms with Crippen LogP contribution in [-0.4, -0.2) is 20.5 Å². The normalized spacial score (nSPS) is 15.3. The summed E-state index contributed by atoms with van der Waals surface area (Å²) < 4.78 is 1.70. The molecular formula is C26H20N4O5S2. The molecule has 2 aromatic heterocycles. The standard InChI is InChI=1S/C26H20N4O5S2/c1-14-6-3-4-7-18(14)28-24(32)22-15(2)27-26-29(23(22)20-8-5-11-36-20)25(33)21(37-26)13-16-12-17(30(34)35)9-10-19(16)31/h3-13,23,31H,1-2H3,(H,28,32). The maximum atomic E-state index is 13.7. The molecule has 0 bridgehead atoms. The fraction of sp³-hybridized carbons (Fsp3) is 0.115. The smallest absolute Gasteiger partial charge is 0.271 e. The second-order valence-electron chi connectivity index (χ2n) is 8.37. The Hall–Kier alpha value is -4.35. The summed E-state index contributed by atoms with van der Waals surface area (Å²) in [5.41, 5.74) is 1.91. The molecule has 1 unspecified atom stereocenters. The Balaban J connectivity index is 1.66. The van der Waals surface area contributed by atoms with E-state index in [4.69, 9.17) is 0 Å². The molecule has 0 aliphatic carbocycles. The van der Waals surface area contributed by atoms with Crippen LogP contribution < -0.4 is 20.2 Å². The molecule has 1 amide bonds. The molecule has 186 valence electrons. The molecule has 0 saturated carbocycles. The van der Waals surface area contributed by atoms with Crippen LogP contribution in [0.5, 0.6) is 5.75 Å². The van der Waals surface area contributed by atoms with Gasteiger partial charge in [0.25, 0.3) is 17.2 Å². The van der Waals surface area contributed by atoms with Crippen molar-refractivity contribution in [2.45, 2.75) is 19.9 Å².